The van der Waals surface area contributed by atoms with Gasteiger partial charge in [-0.1, -0.05) is 34.9 Å². The molecule has 0 rings (SSSR count). The van der Waals surface area contributed by atoms with Crippen molar-refractivity contribution in [2.24, 2.45) is 0 Å². The van der Waals surface area contributed by atoms with Gasteiger partial charge in [-0.15, -0.1) is 0 Å². The van der Waals surface area contributed by atoms with Crippen molar-refractivity contribution in [3.8, 4) is 0 Å². The zero-order chi connectivity index (χ0) is 20.8. The second kappa shape index (κ2) is 14.4. The van der Waals surface area contributed by atoms with E-state index in [1.807, 2.05) is 0 Å². The standard InChI is InChI=1S/C21H36N2O3S/c1-16(2)9-7-10-17(3)11-8-12-18(4)13-14-27-15-19(20(24)25)22-21(26)23(5)6/h9,11,13,19H,7-8,10,12,14-15H2,1-6H3,(H,22,26)(H,24,25)/t19-/m0/s1. The zero-order valence-electron chi connectivity index (χ0n) is 17.7. The van der Waals surface area contributed by atoms with Crippen molar-refractivity contribution in [3.63, 3.8) is 0 Å². The topological polar surface area (TPSA) is 69.6 Å². The molecular formula is C21H36N2O3S. The first kappa shape index (κ1) is 25.3. The van der Waals surface area contributed by atoms with Crippen LogP contribution in [-0.4, -0.2) is 53.6 Å². The van der Waals surface area contributed by atoms with Crippen molar-refractivity contribution in [2.45, 2.75) is 59.4 Å². The molecule has 2 amide bonds. The van der Waals surface area contributed by atoms with Crippen molar-refractivity contribution in [1.82, 2.24) is 10.2 Å². The number of carbonyl (C=O) groups excluding carboxylic acids is 1. The number of hydrogen-bond acceptors (Lipinski definition) is 3. The molecule has 0 saturated heterocycles. The van der Waals surface area contributed by atoms with E-state index in [0.717, 1.165) is 31.4 Å². The van der Waals surface area contributed by atoms with Gasteiger partial charge in [0.25, 0.3) is 0 Å². The minimum absolute atomic E-state index is 0.349. The fourth-order valence-electron chi connectivity index (χ4n) is 2.18. The quantitative estimate of drug-likeness (QED) is 0.365. The SMILES string of the molecule is CC(C)=CCCC(C)=CCCC(C)=CCSC[C@H](NC(=O)N(C)C)C(=O)O. The van der Waals surface area contributed by atoms with Gasteiger partial charge in [0.2, 0.25) is 0 Å². The molecular weight excluding hydrogens is 360 g/mol. The molecule has 0 aromatic rings. The molecule has 0 heterocycles. The van der Waals surface area contributed by atoms with Gasteiger partial charge in [0.1, 0.15) is 6.04 Å². The monoisotopic (exact) mass is 396 g/mol. The fraction of sp³-hybridized carbons (Fsp3) is 0.619. The number of carboxylic acid groups (broad SMARTS) is 1. The number of aliphatic carboxylic acids is 1. The van der Waals surface area contributed by atoms with Gasteiger partial charge in [-0.3, -0.25) is 0 Å². The number of thioether (sulfide) groups is 1. The Kier molecular flexibility index (Phi) is 13.5. The molecule has 6 heteroatoms. The van der Waals surface area contributed by atoms with Gasteiger partial charge in [-0.05, 0) is 53.4 Å². The molecule has 0 bridgehead atoms. The van der Waals surface area contributed by atoms with Crippen LogP contribution in [0.3, 0.4) is 0 Å². The third-order valence-corrected chi connectivity index (χ3v) is 4.93. The second-order valence-corrected chi connectivity index (χ2v) is 8.31. The van der Waals surface area contributed by atoms with E-state index in [-0.39, 0.29) is 6.03 Å². The van der Waals surface area contributed by atoms with Crippen molar-refractivity contribution < 1.29 is 14.7 Å². The Hall–Kier alpha value is -1.69. The molecule has 0 aliphatic heterocycles. The van der Waals surface area contributed by atoms with Crippen LogP contribution < -0.4 is 5.32 Å². The number of nitrogens with zero attached hydrogens (tertiary/aromatic N) is 1. The van der Waals surface area contributed by atoms with Crippen LogP contribution in [0.4, 0.5) is 4.79 Å². The largest absolute Gasteiger partial charge is 0.480 e. The third-order valence-electron chi connectivity index (χ3n) is 3.96. The van der Waals surface area contributed by atoms with E-state index in [9.17, 15) is 14.7 Å². The van der Waals surface area contributed by atoms with Gasteiger partial charge in [-0.2, -0.15) is 11.8 Å². The Morgan fingerprint density at radius 1 is 1.00 bits per heavy atom. The van der Waals surface area contributed by atoms with Crippen LogP contribution in [0.1, 0.15) is 53.4 Å². The van der Waals surface area contributed by atoms with E-state index in [1.165, 1.54) is 33.4 Å². The molecule has 0 unspecified atom stereocenters. The van der Waals surface area contributed by atoms with Gasteiger partial charge in [-0.25, -0.2) is 9.59 Å². The minimum Gasteiger partial charge on any atom is -0.480 e. The Morgan fingerprint density at radius 2 is 1.56 bits per heavy atom. The molecule has 0 aliphatic rings. The van der Waals surface area contributed by atoms with E-state index in [4.69, 9.17) is 0 Å². The lowest BCUT2D eigenvalue weighted by Crippen LogP contribution is -2.46. The lowest BCUT2D eigenvalue weighted by atomic mass is 10.1. The first-order valence-electron chi connectivity index (χ1n) is 9.36. The minimum atomic E-state index is -1.01. The molecule has 2 N–H and O–H groups in total. The lowest BCUT2D eigenvalue weighted by Gasteiger charge is -2.17. The number of hydrogen-bond donors (Lipinski definition) is 2. The van der Waals surface area contributed by atoms with E-state index in [1.54, 1.807) is 14.1 Å². The van der Waals surface area contributed by atoms with Crippen molar-refractivity contribution >= 4 is 23.8 Å². The Balaban J connectivity index is 4.18. The molecule has 27 heavy (non-hydrogen) atoms. The second-order valence-electron chi connectivity index (χ2n) is 7.23. The maximum atomic E-state index is 11.6. The van der Waals surface area contributed by atoms with Crippen LogP contribution in [0, 0.1) is 0 Å². The summed E-state index contributed by atoms with van der Waals surface area (Å²) in [4.78, 5) is 24.2. The maximum Gasteiger partial charge on any atom is 0.327 e. The molecule has 0 aliphatic carbocycles. The lowest BCUT2D eigenvalue weighted by molar-refractivity contribution is -0.138. The summed E-state index contributed by atoms with van der Waals surface area (Å²) >= 11 is 1.51. The maximum absolute atomic E-state index is 11.6. The number of amides is 2. The Labute approximate surface area is 169 Å². The summed E-state index contributed by atoms with van der Waals surface area (Å²) in [5, 5.41) is 11.7. The highest BCUT2D eigenvalue weighted by atomic mass is 32.2. The van der Waals surface area contributed by atoms with Crippen molar-refractivity contribution in [3.05, 3.63) is 34.9 Å². The average molecular weight is 397 g/mol. The predicted octanol–water partition coefficient (Wildman–Crippen LogP) is 4.86. The van der Waals surface area contributed by atoms with Gasteiger partial charge in [0.15, 0.2) is 0 Å². The smallest absolute Gasteiger partial charge is 0.327 e. The number of nitrogens with one attached hydrogen (secondary N) is 1. The van der Waals surface area contributed by atoms with Crippen molar-refractivity contribution in [1.29, 1.82) is 0 Å². The van der Waals surface area contributed by atoms with Crippen LogP contribution in [0.5, 0.6) is 0 Å². The van der Waals surface area contributed by atoms with E-state index in [2.05, 4.69) is 51.2 Å². The van der Waals surface area contributed by atoms with Crippen LogP contribution in [0.2, 0.25) is 0 Å². The number of carbonyl (C=O) groups is 2. The molecule has 0 aromatic heterocycles. The molecule has 0 radical (unpaired) electrons. The highest BCUT2D eigenvalue weighted by Gasteiger charge is 2.20. The number of urea groups is 1. The number of carboxylic acids is 1. The number of rotatable bonds is 12. The number of allylic oxidation sites excluding steroid dienone is 5. The molecule has 0 aromatic carbocycles. The van der Waals surface area contributed by atoms with Gasteiger partial charge >= 0.3 is 12.0 Å². The predicted molar refractivity (Wildman–Crippen MR) is 116 cm³/mol. The Bertz CT molecular complexity index is 562. The summed E-state index contributed by atoms with van der Waals surface area (Å²) in [7, 11) is 3.18. The Morgan fingerprint density at radius 3 is 2.07 bits per heavy atom. The first-order valence-corrected chi connectivity index (χ1v) is 10.5. The van der Waals surface area contributed by atoms with Crippen LogP contribution >= 0.6 is 11.8 Å². The summed E-state index contributed by atoms with van der Waals surface area (Å²) in [5.74, 6) is 0.0887. The molecule has 0 saturated carbocycles. The average Bonchev–Trinajstić information content (AvgIpc) is 2.56. The van der Waals surface area contributed by atoms with Crippen LogP contribution in [0.25, 0.3) is 0 Å². The third kappa shape index (κ3) is 14.1. The summed E-state index contributed by atoms with van der Waals surface area (Å²) in [6.45, 7) is 8.54. The van der Waals surface area contributed by atoms with Crippen molar-refractivity contribution in [2.75, 3.05) is 25.6 Å². The summed E-state index contributed by atoms with van der Waals surface area (Å²) in [5.41, 5.74) is 4.10. The summed E-state index contributed by atoms with van der Waals surface area (Å²) < 4.78 is 0. The molecule has 0 spiro atoms. The summed E-state index contributed by atoms with van der Waals surface area (Å²) in [6.07, 6.45) is 11.0. The highest BCUT2D eigenvalue weighted by molar-refractivity contribution is 7.99. The van der Waals surface area contributed by atoms with Crippen LogP contribution in [0.15, 0.2) is 34.9 Å². The summed E-state index contributed by atoms with van der Waals surface area (Å²) in [6, 6.07) is -1.26. The highest BCUT2D eigenvalue weighted by Crippen LogP contribution is 2.13. The fourth-order valence-corrected chi connectivity index (χ4v) is 3.18. The molecule has 154 valence electrons. The van der Waals surface area contributed by atoms with E-state index < -0.39 is 12.0 Å². The molecule has 1 atom stereocenters. The van der Waals surface area contributed by atoms with Gasteiger partial charge < -0.3 is 15.3 Å². The van der Waals surface area contributed by atoms with E-state index in [0.29, 0.717) is 5.75 Å². The zero-order valence-corrected chi connectivity index (χ0v) is 18.5. The molecule has 5 nitrogen and oxygen atoms in total. The van der Waals surface area contributed by atoms with E-state index >= 15 is 0 Å². The van der Waals surface area contributed by atoms with Gasteiger partial charge in [0.05, 0.1) is 0 Å². The first-order chi connectivity index (χ1) is 12.6. The van der Waals surface area contributed by atoms with Crippen LogP contribution in [-0.2, 0) is 4.79 Å². The van der Waals surface area contributed by atoms with Gasteiger partial charge in [0, 0.05) is 25.6 Å². The molecule has 0 fully saturated rings. The normalized spacial score (nSPS) is 13.1.